The fourth-order valence-corrected chi connectivity index (χ4v) is 4.23. The molecule has 3 rings (SSSR count). The van der Waals surface area contributed by atoms with Crippen molar-refractivity contribution < 1.29 is 4.74 Å². The quantitative estimate of drug-likeness (QED) is 0.901. The summed E-state index contributed by atoms with van der Waals surface area (Å²) in [5, 5.41) is 3.45. The number of ether oxygens (including phenoxy) is 1. The smallest absolute Gasteiger partial charge is 0.0837 e. The second-order valence-corrected chi connectivity index (χ2v) is 7.57. The number of benzene rings is 1. The van der Waals surface area contributed by atoms with E-state index in [0.717, 1.165) is 19.4 Å². The highest BCUT2D eigenvalue weighted by atomic mass is 16.5. The predicted octanol–water partition coefficient (Wildman–Crippen LogP) is 3.50. The molecule has 1 aromatic carbocycles. The van der Waals surface area contributed by atoms with Crippen LogP contribution in [0.25, 0.3) is 0 Å². The Morgan fingerprint density at radius 3 is 2.52 bits per heavy atom. The van der Waals surface area contributed by atoms with Crippen LogP contribution >= 0.6 is 0 Å². The first kappa shape index (κ1) is 14.9. The van der Waals surface area contributed by atoms with Gasteiger partial charge in [-0.05, 0) is 59.2 Å². The summed E-state index contributed by atoms with van der Waals surface area (Å²) in [6, 6.07) is 9.73. The van der Waals surface area contributed by atoms with Crippen molar-refractivity contribution in [1.29, 1.82) is 0 Å². The molecule has 1 saturated heterocycles. The van der Waals surface area contributed by atoms with E-state index < -0.39 is 0 Å². The summed E-state index contributed by atoms with van der Waals surface area (Å²) in [7, 11) is 2.06. The third kappa shape index (κ3) is 2.58. The van der Waals surface area contributed by atoms with Gasteiger partial charge in [0.2, 0.25) is 0 Å². The third-order valence-corrected chi connectivity index (χ3v) is 5.03. The Labute approximate surface area is 128 Å². The van der Waals surface area contributed by atoms with Crippen molar-refractivity contribution in [2.45, 2.75) is 63.8 Å². The Morgan fingerprint density at radius 1 is 1.19 bits per heavy atom. The minimum Gasteiger partial charge on any atom is -0.367 e. The largest absolute Gasteiger partial charge is 0.367 e. The van der Waals surface area contributed by atoms with Crippen molar-refractivity contribution >= 4 is 5.69 Å². The summed E-state index contributed by atoms with van der Waals surface area (Å²) < 4.78 is 6.31. The van der Waals surface area contributed by atoms with E-state index in [1.165, 1.54) is 11.3 Å². The molecule has 2 unspecified atom stereocenters. The zero-order chi connectivity index (χ0) is 15.3. The first-order chi connectivity index (χ1) is 9.84. The molecule has 2 atom stereocenters. The first-order valence-electron chi connectivity index (χ1n) is 8.07. The highest BCUT2D eigenvalue weighted by molar-refractivity contribution is 5.58. The van der Waals surface area contributed by atoms with Crippen LogP contribution in [0.15, 0.2) is 24.3 Å². The normalized spacial score (nSPS) is 30.2. The van der Waals surface area contributed by atoms with Crippen molar-refractivity contribution in [2.75, 3.05) is 18.5 Å². The fraction of sp³-hybridized carbons (Fsp3) is 0.667. The summed E-state index contributed by atoms with van der Waals surface area (Å²) in [6.07, 6.45) is 2.24. The summed E-state index contributed by atoms with van der Waals surface area (Å²) in [6.45, 7) is 9.98. The van der Waals surface area contributed by atoms with Gasteiger partial charge in [-0.2, -0.15) is 0 Å². The van der Waals surface area contributed by atoms with E-state index in [0.29, 0.717) is 12.1 Å². The van der Waals surface area contributed by atoms with Gasteiger partial charge in [-0.1, -0.05) is 18.2 Å². The summed E-state index contributed by atoms with van der Waals surface area (Å²) in [4.78, 5) is 2.58. The summed E-state index contributed by atoms with van der Waals surface area (Å²) >= 11 is 0. The van der Waals surface area contributed by atoms with Crippen LogP contribution < -0.4 is 10.2 Å². The lowest BCUT2D eigenvalue weighted by Gasteiger charge is -2.43. The average molecular weight is 288 g/mol. The van der Waals surface area contributed by atoms with Crippen molar-refractivity contribution in [1.82, 2.24) is 5.32 Å². The molecule has 0 saturated carbocycles. The minimum absolute atomic E-state index is 0.0387. The van der Waals surface area contributed by atoms with Crippen molar-refractivity contribution in [3.05, 3.63) is 29.8 Å². The molecule has 3 heteroatoms. The highest BCUT2D eigenvalue weighted by Crippen LogP contribution is 2.44. The zero-order valence-electron chi connectivity index (χ0n) is 13.9. The summed E-state index contributed by atoms with van der Waals surface area (Å²) in [5.74, 6) is 0. The summed E-state index contributed by atoms with van der Waals surface area (Å²) in [5.41, 5.74) is 2.65. The van der Waals surface area contributed by atoms with Crippen molar-refractivity contribution in [3.8, 4) is 0 Å². The van der Waals surface area contributed by atoms with E-state index in [1.54, 1.807) is 0 Å². The number of hydrogen-bond acceptors (Lipinski definition) is 3. The third-order valence-electron chi connectivity index (χ3n) is 5.03. The van der Waals surface area contributed by atoms with Gasteiger partial charge in [0, 0.05) is 18.3 Å². The Kier molecular flexibility index (Phi) is 3.53. The molecular formula is C18H28N2O. The Morgan fingerprint density at radius 2 is 1.90 bits per heavy atom. The van der Waals surface area contributed by atoms with Gasteiger partial charge in [0.1, 0.15) is 0 Å². The van der Waals surface area contributed by atoms with E-state index >= 15 is 0 Å². The molecule has 3 nitrogen and oxygen atoms in total. The van der Waals surface area contributed by atoms with Crippen LogP contribution in [0.5, 0.6) is 0 Å². The number of anilines is 1. The van der Waals surface area contributed by atoms with Gasteiger partial charge in [0.05, 0.1) is 17.2 Å². The maximum atomic E-state index is 6.31. The van der Waals surface area contributed by atoms with E-state index in [9.17, 15) is 0 Å². The predicted molar refractivity (Wildman–Crippen MR) is 87.9 cm³/mol. The van der Waals surface area contributed by atoms with Crippen LogP contribution in [0.1, 0.15) is 52.1 Å². The first-order valence-corrected chi connectivity index (χ1v) is 8.07. The molecule has 0 amide bonds. The van der Waals surface area contributed by atoms with Gasteiger partial charge in [-0.25, -0.2) is 0 Å². The molecule has 0 spiro atoms. The van der Waals surface area contributed by atoms with Crippen LogP contribution in [0.2, 0.25) is 0 Å². The van der Waals surface area contributed by atoms with Gasteiger partial charge < -0.3 is 15.0 Å². The average Bonchev–Trinajstić information content (AvgIpc) is 2.65. The topological polar surface area (TPSA) is 24.5 Å². The molecule has 2 heterocycles. The second-order valence-electron chi connectivity index (χ2n) is 7.57. The number of nitrogens with one attached hydrogen (secondary N) is 1. The van der Waals surface area contributed by atoms with Crippen LogP contribution in [0, 0.1) is 0 Å². The Balaban J connectivity index is 1.97. The molecule has 0 bridgehead atoms. The standard InChI is InChI=1S/C18H28N2O/c1-17(2)12-16(18(3,4)21-17)20-11-10-14(19-5)13-8-6-7-9-15(13)20/h6-9,14,16,19H,10-12H2,1-5H3. The molecule has 0 aliphatic carbocycles. The molecule has 2 aliphatic rings. The number of nitrogens with zero attached hydrogens (tertiary/aromatic N) is 1. The van der Waals surface area contributed by atoms with Gasteiger partial charge >= 0.3 is 0 Å². The lowest BCUT2D eigenvalue weighted by atomic mass is 9.88. The minimum atomic E-state index is -0.108. The Bertz CT molecular complexity index is 524. The molecule has 0 aromatic heterocycles. The van der Waals surface area contributed by atoms with Crippen LogP contribution in [0.4, 0.5) is 5.69 Å². The maximum absolute atomic E-state index is 6.31. The molecule has 1 fully saturated rings. The monoisotopic (exact) mass is 288 g/mol. The molecule has 21 heavy (non-hydrogen) atoms. The van der Waals surface area contributed by atoms with E-state index in [2.05, 4.69) is 69.2 Å². The maximum Gasteiger partial charge on any atom is 0.0837 e. The van der Waals surface area contributed by atoms with Gasteiger partial charge in [0.25, 0.3) is 0 Å². The van der Waals surface area contributed by atoms with Crippen LogP contribution in [-0.4, -0.2) is 30.8 Å². The van der Waals surface area contributed by atoms with E-state index in [4.69, 9.17) is 4.74 Å². The molecule has 1 N–H and O–H groups in total. The van der Waals surface area contributed by atoms with E-state index in [-0.39, 0.29) is 11.2 Å². The van der Waals surface area contributed by atoms with Gasteiger partial charge in [-0.15, -0.1) is 0 Å². The van der Waals surface area contributed by atoms with Crippen molar-refractivity contribution in [3.63, 3.8) is 0 Å². The van der Waals surface area contributed by atoms with Crippen LogP contribution in [-0.2, 0) is 4.74 Å². The van der Waals surface area contributed by atoms with Crippen LogP contribution in [0.3, 0.4) is 0 Å². The highest BCUT2D eigenvalue weighted by Gasteiger charge is 2.49. The molecule has 1 aromatic rings. The number of fused-ring (bicyclic) bond motifs is 1. The van der Waals surface area contributed by atoms with Gasteiger partial charge in [-0.3, -0.25) is 0 Å². The zero-order valence-corrected chi connectivity index (χ0v) is 13.9. The van der Waals surface area contributed by atoms with Crippen molar-refractivity contribution in [2.24, 2.45) is 0 Å². The van der Waals surface area contributed by atoms with Gasteiger partial charge in [0.15, 0.2) is 0 Å². The lowest BCUT2D eigenvalue weighted by Crippen LogP contribution is -2.49. The molecular weight excluding hydrogens is 260 g/mol. The van der Waals surface area contributed by atoms with E-state index in [1.807, 2.05) is 0 Å². The molecule has 2 aliphatic heterocycles. The number of rotatable bonds is 2. The lowest BCUT2D eigenvalue weighted by molar-refractivity contribution is -0.0680. The molecule has 0 radical (unpaired) electrons. The second kappa shape index (κ2) is 4.99. The number of hydrogen-bond donors (Lipinski definition) is 1. The SMILES string of the molecule is CNC1CCN(C2CC(C)(C)OC2(C)C)c2ccccc21. The number of para-hydroxylation sites is 1. The molecule has 116 valence electrons. The Hall–Kier alpha value is -1.06. The fourth-order valence-electron chi connectivity index (χ4n) is 4.23.